The summed E-state index contributed by atoms with van der Waals surface area (Å²) in [6.45, 7) is 6.39. The van der Waals surface area contributed by atoms with E-state index in [0.29, 0.717) is 19.3 Å². The van der Waals surface area contributed by atoms with E-state index in [1.165, 1.54) is 64.2 Å². The molecule has 60 heavy (non-hydrogen) atoms. The normalized spacial score (nSPS) is 12.8. The molecule has 0 aromatic carbocycles. The van der Waals surface area contributed by atoms with Gasteiger partial charge in [0.05, 0.1) is 0 Å². The molecule has 0 amide bonds. The Labute approximate surface area is 369 Å². The van der Waals surface area contributed by atoms with Gasteiger partial charge in [0, 0.05) is 19.3 Å². The van der Waals surface area contributed by atoms with Crippen LogP contribution in [0.5, 0.6) is 0 Å². The Bertz CT molecular complexity index is 1190. The zero-order valence-corrected chi connectivity index (χ0v) is 38.9. The number of allylic oxidation sites excluding steroid dienone is 14. The Balaban J connectivity index is 4.22. The third-order valence-electron chi connectivity index (χ3n) is 10.2. The Morgan fingerprint density at radius 2 is 0.650 bits per heavy atom. The summed E-state index contributed by atoms with van der Waals surface area (Å²) in [6.07, 6.45) is 61.7. The minimum Gasteiger partial charge on any atom is -0.462 e. The van der Waals surface area contributed by atoms with E-state index in [0.717, 1.165) is 116 Å². The van der Waals surface area contributed by atoms with Crippen molar-refractivity contribution in [3.05, 3.63) is 85.1 Å². The summed E-state index contributed by atoms with van der Waals surface area (Å²) in [7, 11) is 0. The summed E-state index contributed by atoms with van der Waals surface area (Å²) in [5.41, 5.74) is 0. The Kier molecular flexibility index (Phi) is 45.5. The van der Waals surface area contributed by atoms with Crippen LogP contribution in [0.1, 0.15) is 220 Å². The lowest BCUT2D eigenvalue weighted by atomic mass is 10.0. The first kappa shape index (κ1) is 56.6. The Morgan fingerprint density at radius 1 is 0.350 bits per heavy atom. The minimum absolute atomic E-state index is 0.0871. The quantitative estimate of drug-likeness (QED) is 0.0263. The molecule has 0 bridgehead atoms. The van der Waals surface area contributed by atoms with E-state index in [-0.39, 0.29) is 31.1 Å². The first-order valence-electron chi connectivity index (χ1n) is 24.6. The number of ether oxygens (including phenoxy) is 3. The summed E-state index contributed by atoms with van der Waals surface area (Å²) < 4.78 is 16.6. The fourth-order valence-electron chi connectivity index (χ4n) is 6.48. The van der Waals surface area contributed by atoms with Crippen molar-refractivity contribution in [2.45, 2.75) is 226 Å². The largest absolute Gasteiger partial charge is 0.462 e. The van der Waals surface area contributed by atoms with Gasteiger partial charge in [0.25, 0.3) is 0 Å². The van der Waals surface area contributed by atoms with Crippen LogP contribution in [0.3, 0.4) is 0 Å². The van der Waals surface area contributed by atoms with Gasteiger partial charge in [-0.3, -0.25) is 14.4 Å². The summed E-state index contributed by atoms with van der Waals surface area (Å²) >= 11 is 0. The molecule has 6 heteroatoms. The van der Waals surface area contributed by atoms with E-state index in [2.05, 4.69) is 106 Å². The fourth-order valence-corrected chi connectivity index (χ4v) is 6.48. The third-order valence-corrected chi connectivity index (χ3v) is 10.2. The van der Waals surface area contributed by atoms with Gasteiger partial charge < -0.3 is 14.2 Å². The number of rotatable bonds is 43. The monoisotopic (exact) mass is 835 g/mol. The number of carbonyl (C=O) groups is 3. The topological polar surface area (TPSA) is 78.9 Å². The average Bonchev–Trinajstić information content (AvgIpc) is 3.24. The van der Waals surface area contributed by atoms with Crippen LogP contribution in [0.4, 0.5) is 0 Å². The lowest BCUT2D eigenvalue weighted by Gasteiger charge is -2.18. The van der Waals surface area contributed by atoms with E-state index in [1.807, 2.05) is 0 Å². The zero-order valence-electron chi connectivity index (χ0n) is 38.9. The smallest absolute Gasteiger partial charge is 0.306 e. The lowest BCUT2D eigenvalue weighted by molar-refractivity contribution is -0.167. The molecule has 0 aromatic heterocycles. The summed E-state index contributed by atoms with van der Waals surface area (Å²) in [5.74, 6) is -0.939. The van der Waals surface area contributed by atoms with E-state index in [1.54, 1.807) is 0 Å². The molecule has 1 atom stereocenters. The number of hydrogen-bond donors (Lipinski definition) is 0. The van der Waals surface area contributed by atoms with Crippen molar-refractivity contribution < 1.29 is 28.6 Å². The van der Waals surface area contributed by atoms with Crippen LogP contribution in [-0.2, 0) is 28.6 Å². The van der Waals surface area contributed by atoms with Gasteiger partial charge in [-0.25, -0.2) is 0 Å². The summed E-state index contributed by atoms with van der Waals surface area (Å²) in [4.78, 5) is 37.5. The fraction of sp³-hybridized carbons (Fsp3) is 0.685. The second-order valence-electron chi connectivity index (χ2n) is 16.0. The Hall–Kier alpha value is -3.41. The third kappa shape index (κ3) is 45.7. The highest BCUT2D eigenvalue weighted by Gasteiger charge is 2.19. The molecule has 0 saturated carbocycles. The predicted octanol–water partition coefficient (Wildman–Crippen LogP) is 16.0. The van der Waals surface area contributed by atoms with E-state index in [4.69, 9.17) is 14.2 Å². The van der Waals surface area contributed by atoms with Gasteiger partial charge in [0.15, 0.2) is 6.10 Å². The molecule has 0 aliphatic carbocycles. The molecule has 0 rings (SSSR count). The number of hydrogen-bond acceptors (Lipinski definition) is 6. The van der Waals surface area contributed by atoms with Gasteiger partial charge >= 0.3 is 17.9 Å². The highest BCUT2D eigenvalue weighted by atomic mass is 16.6. The molecule has 6 nitrogen and oxygen atoms in total. The van der Waals surface area contributed by atoms with E-state index in [9.17, 15) is 14.4 Å². The standard InChI is InChI=1S/C54H90O6/c1-4-7-10-13-15-17-19-21-22-23-24-25-26-27-28-29-30-31-32-33-35-36-38-41-44-47-53(56)59-50-51(49-58-52(55)46-43-40-12-9-6-3)60-54(57)48-45-42-39-37-34-20-18-16-14-11-8-5-2/h7,10,15,17,21-22,24-25,27-28,30-31,33,35,51H,4-6,8-9,11-14,16,18-20,23,26,29,32,34,36-50H2,1-3H3/b10-7-,17-15-,22-21-,25-24-,28-27-,31-30-,35-33-. The van der Waals surface area contributed by atoms with Crippen LogP contribution in [0.25, 0.3) is 0 Å². The van der Waals surface area contributed by atoms with Gasteiger partial charge in [-0.2, -0.15) is 0 Å². The van der Waals surface area contributed by atoms with Gasteiger partial charge in [-0.05, 0) is 77.0 Å². The van der Waals surface area contributed by atoms with Crippen LogP contribution in [0, 0.1) is 0 Å². The second-order valence-corrected chi connectivity index (χ2v) is 16.0. The van der Waals surface area contributed by atoms with Crippen molar-refractivity contribution in [3.63, 3.8) is 0 Å². The van der Waals surface area contributed by atoms with Gasteiger partial charge in [0.2, 0.25) is 0 Å². The van der Waals surface area contributed by atoms with Crippen LogP contribution in [-0.4, -0.2) is 37.2 Å². The number of unbranched alkanes of at least 4 members (excludes halogenated alkanes) is 18. The van der Waals surface area contributed by atoms with Crippen LogP contribution in [0.2, 0.25) is 0 Å². The van der Waals surface area contributed by atoms with Crippen molar-refractivity contribution in [1.82, 2.24) is 0 Å². The maximum absolute atomic E-state index is 12.7. The highest BCUT2D eigenvalue weighted by Crippen LogP contribution is 2.14. The van der Waals surface area contributed by atoms with Gasteiger partial charge in [0.1, 0.15) is 13.2 Å². The summed E-state index contributed by atoms with van der Waals surface area (Å²) in [5, 5.41) is 0. The van der Waals surface area contributed by atoms with Crippen molar-refractivity contribution in [3.8, 4) is 0 Å². The van der Waals surface area contributed by atoms with Crippen molar-refractivity contribution in [2.24, 2.45) is 0 Å². The lowest BCUT2D eigenvalue weighted by Crippen LogP contribution is -2.30. The first-order valence-corrected chi connectivity index (χ1v) is 24.6. The van der Waals surface area contributed by atoms with E-state index < -0.39 is 6.10 Å². The number of esters is 3. The van der Waals surface area contributed by atoms with Gasteiger partial charge in [-0.1, -0.05) is 209 Å². The molecule has 0 radical (unpaired) electrons. The van der Waals surface area contributed by atoms with Crippen LogP contribution in [0.15, 0.2) is 85.1 Å². The maximum atomic E-state index is 12.7. The Morgan fingerprint density at radius 3 is 1.02 bits per heavy atom. The molecular formula is C54H90O6. The molecule has 0 heterocycles. The molecule has 342 valence electrons. The molecular weight excluding hydrogens is 745 g/mol. The zero-order chi connectivity index (χ0) is 43.7. The van der Waals surface area contributed by atoms with Crippen LogP contribution >= 0.6 is 0 Å². The average molecular weight is 835 g/mol. The van der Waals surface area contributed by atoms with Crippen molar-refractivity contribution in [1.29, 1.82) is 0 Å². The molecule has 0 spiro atoms. The molecule has 0 aliphatic rings. The summed E-state index contributed by atoms with van der Waals surface area (Å²) in [6, 6.07) is 0. The number of carbonyl (C=O) groups excluding carboxylic acids is 3. The van der Waals surface area contributed by atoms with Crippen LogP contribution < -0.4 is 0 Å². The highest BCUT2D eigenvalue weighted by molar-refractivity contribution is 5.71. The molecule has 0 fully saturated rings. The maximum Gasteiger partial charge on any atom is 0.306 e. The SMILES string of the molecule is CC/C=C\C/C=C\C/C=C\C/C=C\C/C=C\C/C=C\C/C=C\CCCCCC(=O)OCC(COC(=O)CCCCCCC)OC(=O)CCCCCCCCCCCCCC. The predicted molar refractivity (Wildman–Crippen MR) is 256 cm³/mol. The second kappa shape index (κ2) is 48.3. The molecule has 1 unspecified atom stereocenters. The van der Waals surface area contributed by atoms with Gasteiger partial charge in [-0.15, -0.1) is 0 Å². The molecule has 0 aliphatic heterocycles. The van der Waals surface area contributed by atoms with E-state index >= 15 is 0 Å². The molecule has 0 aromatic rings. The first-order chi connectivity index (χ1) is 29.5. The minimum atomic E-state index is -0.783. The molecule has 0 N–H and O–H groups in total. The van der Waals surface area contributed by atoms with Crippen molar-refractivity contribution >= 4 is 17.9 Å². The van der Waals surface area contributed by atoms with Crippen molar-refractivity contribution in [2.75, 3.05) is 13.2 Å². The molecule has 0 saturated heterocycles.